The molecule has 2 N–H and O–H groups in total. The molecule has 0 spiro atoms. The Morgan fingerprint density at radius 2 is 2.18 bits per heavy atom. The smallest absolute Gasteiger partial charge is 0.323 e. The van der Waals surface area contributed by atoms with Crippen molar-refractivity contribution in [3.05, 3.63) is 0 Å². The summed E-state index contributed by atoms with van der Waals surface area (Å²) in [5.74, 6) is -0.622. The summed E-state index contributed by atoms with van der Waals surface area (Å²) in [4.78, 5) is 23.8. The van der Waals surface area contributed by atoms with Gasteiger partial charge in [-0.1, -0.05) is 0 Å². The molecule has 17 heavy (non-hydrogen) atoms. The second kappa shape index (κ2) is 7.24. The lowest BCUT2D eigenvalue weighted by molar-refractivity contribution is -0.144. The molecule has 1 amide bonds. The number of carbonyl (C=O) groups is 2. The highest BCUT2D eigenvalue weighted by atomic mass is 16.5. The largest absolute Gasteiger partial charge is 0.480 e. The van der Waals surface area contributed by atoms with Crippen LogP contribution in [0, 0.1) is 5.92 Å². The average molecular weight is 244 g/mol. The van der Waals surface area contributed by atoms with Gasteiger partial charge >= 0.3 is 5.97 Å². The van der Waals surface area contributed by atoms with Gasteiger partial charge in [0.25, 0.3) is 0 Å². The van der Waals surface area contributed by atoms with Crippen LogP contribution in [0.25, 0.3) is 0 Å². The van der Waals surface area contributed by atoms with Crippen LogP contribution in [0.5, 0.6) is 0 Å². The third-order valence-electron chi connectivity index (χ3n) is 2.61. The molecule has 0 aliphatic heterocycles. The van der Waals surface area contributed by atoms with Crippen LogP contribution in [0.3, 0.4) is 0 Å². The molecule has 1 rings (SSSR count). The molecule has 1 saturated carbocycles. The molecule has 1 fully saturated rings. The third kappa shape index (κ3) is 6.23. The van der Waals surface area contributed by atoms with Gasteiger partial charge in [0, 0.05) is 20.2 Å². The average Bonchev–Trinajstić information content (AvgIpc) is 3.06. The Bertz CT molecular complexity index is 266. The fraction of sp³-hybridized carbons (Fsp3) is 0.818. The van der Waals surface area contributed by atoms with E-state index in [0.717, 1.165) is 12.8 Å². The number of nitrogens with zero attached hydrogens (tertiary/aromatic N) is 1. The predicted molar refractivity (Wildman–Crippen MR) is 61.7 cm³/mol. The molecule has 0 atom stereocenters. The van der Waals surface area contributed by atoms with Gasteiger partial charge in [-0.15, -0.1) is 0 Å². The van der Waals surface area contributed by atoms with Crippen LogP contribution >= 0.6 is 0 Å². The van der Waals surface area contributed by atoms with Gasteiger partial charge in [0.15, 0.2) is 0 Å². The molecule has 0 aromatic rings. The predicted octanol–water partition coefficient (Wildman–Crippen LogP) is -0.454. The Morgan fingerprint density at radius 1 is 1.47 bits per heavy atom. The highest BCUT2D eigenvalue weighted by molar-refractivity contribution is 5.82. The van der Waals surface area contributed by atoms with E-state index < -0.39 is 5.97 Å². The Kier molecular flexibility index (Phi) is 5.93. The zero-order chi connectivity index (χ0) is 12.7. The zero-order valence-electron chi connectivity index (χ0n) is 10.1. The number of amides is 1. The van der Waals surface area contributed by atoms with Crippen LogP contribution in [0.1, 0.15) is 12.8 Å². The Hall–Kier alpha value is -1.14. The molecular formula is C11H20N2O4. The van der Waals surface area contributed by atoms with Gasteiger partial charge in [0.1, 0.15) is 6.54 Å². The van der Waals surface area contributed by atoms with Crippen LogP contribution in [0.2, 0.25) is 0 Å². The minimum atomic E-state index is -0.962. The molecule has 0 heterocycles. The maximum atomic E-state index is 11.8. The van der Waals surface area contributed by atoms with E-state index in [1.807, 2.05) is 0 Å². The number of nitrogens with one attached hydrogen (secondary N) is 1. The van der Waals surface area contributed by atoms with E-state index in [4.69, 9.17) is 9.84 Å². The summed E-state index contributed by atoms with van der Waals surface area (Å²) < 4.78 is 4.84. The van der Waals surface area contributed by atoms with E-state index in [2.05, 4.69) is 5.32 Å². The SMILES string of the molecule is COCCNCC(=O)N(CC(=O)O)CC1CC1. The first-order chi connectivity index (χ1) is 8.13. The van der Waals surface area contributed by atoms with E-state index >= 15 is 0 Å². The topological polar surface area (TPSA) is 78.9 Å². The van der Waals surface area contributed by atoms with Crippen LogP contribution in [0.4, 0.5) is 0 Å². The van der Waals surface area contributed by atoms with E-state index in [1.165, 1.54) is 4.90 Å². The molecule has 0 radical (unpaired) electrons. The van der Waals surface area contributed by atoms with Crippen molar-refractivity contribution in [1.82, 2.24) is 10.2 Å². The van der Waals surface area contributed by atoms with Crippen molar-refractivity contribution in [1.29, 1.82) is 0 Å². The van der Waals surface area contributed by atoms with E-state index in [0.29, 0.717) is 25.6 Å². The highest BCUT2D eigenvalue weighted by Gasteiger charge is 2.27. The monoisotopic (exact) mass is 244 g/mol. The number of hydrogen-bond acceptors (Lipinski definition) is 4. The molecule has 98 valence electrons. The van der Waals surface area contributed by atoms with Crippen molar-refractivity contribution in [2.75, 3.05) is 39.9 Å². The third-order valence-corrected chi connectivity index (χ3v) is 2.61. The summed E-state index contributed by atoms with van der Waals surface area (Å²) in [5, 5.41) is 11.7. The first-order valence-electron chi connectivity index (χ1n) is 5.82. The summed E-state index contributed by atoms with van der Waals surface area (Å²) in [6.45, 7) is 1.66. The minimum absolute atomic E-state index is 0.157. The Labute approximate surface area is 101 Å². The quantitative estimate of drug-likeness (QED) is 0.537. The number of carboxylic acid groups (broad SMARTS) is 1. The molecule has 0 unspecified atom stereocenters. The normalized spacial score (nSPS) is 14.6. The fourth-order valence-corrected chi connectivity index (χ4v) is 1.51. The zero-order valence-corrected chi connectivity index (χ0v) is 10.1. The van der Waals surface area contributed by atoms with Gasteiger partial charge in [-0.25, -0.2) is 0 Å². The number of carboxylic acids is 1. The van der Waals surface area contributed by atoms with E-state index in [-0.39, 0.29) is 19.0 Å². The molecule has 1 aliphatic rings. The standard InChI is InChI=1S/C11H20N2O4/c1-17-5-4-12-6-10(14)13(8-11(15)16)7-9-2-3-9/h9,12H,2-8H2,1H3,(H,15,16). The lowest BCUT2D eigenvalue weighted by Gasteiger charge is -2.20. The maximum Gasteiger partial charge on any atom is 0.323 e. The molecule has 0 saturated heterocycles. The summed E-state index contributed by atoms with van der Waals surface area (Å²) in [6, 6.07) is 0. The van der Waals surface area contributed by atoms with Crippen LogP contribution in [-0.4, -0.2) is 61.8 Å². The van der Waals surface area contributed by atoms with Gasteiger partial charge in [0.2, 0.25) is 5.91 Å². The van der Waals surface area contributed by atoms with Crippen LogP contribution in [0.15, 0.2) is 0 Å². The second-order valence-electron chi connectivity index (χ2n) is 4.28. The van der Waals surface area contributed by atoms with Gasteiger partial charge < -0.3 is 20.1 Å². The molecule has 1 aliphatic carbocycles. The van der Waals surface area contributed by atoms with Gasteiger partial charge in [-0.3, -0.25) is 9.59 Å². The van der Waals surface area contributed by atoms with Crippen molar-refractivity contribution in [3.8, 4) is 0 Å². The lowest BCUT2D eigenvalue weighted by atomic mass is 10.3. The minimum Gasteiger partial charge on any atom is -0.480 e. The van der Waals surface area contributed by atoms with Crippen molar-refractivity contribution < 1.29 is 19.4 Å². The van der Waals surface area contributed by atoms with Gasteiger partial charge in [-0.2, -0.15) is 0 Å². The number of hydrogen-bond donors (Lipinski definition) is 2. The first-order valence-corrected chi connectivity index (χ1v) is 5.82. The fourth-order valence-electron chi connectivity index (χ4n) is 1.51. The number of carbonyl (C=O) groups excluding carboxylic acids is 1. The molecule has 0 bridgehead atoms. The first kappa shape index (κ1) is 13.9. The summed E-state index contributed by atoms with van der Waals surface area (Å²) in [5.41, 5.74) is 0. The van der Waals surface area contributed by atoms with E-state index in [9.17, 15) is 9.59 Å². The second-order valence-corrected chi connectivity index (χ2v) is 4.28. The van der Waals surface area contributed by atoms with Crippen LogP contribution < -0.4 is 5.32 Å². The Morgan fingerprint density at radius 3 is 2.71 bits per heavy atom. The maximum absolute atomic E-state index is 11.8. The number of aliphatic carboxylic acids is 1. The Balaban J connectivity index is 2.27. The number of rotatable bonds is 9. The molecule has 0 aromatic heterocycles. The van der Waals surface area contributed by atoms with Gasteiger partial charge in [-0.05, 0) is 18.8 Å². The van der Waals surface area contributed by atoms with Crippen molar-refractivity contribution in [2.45, 2.75) is 12.8 Å². The van der Waals surface area contributed by atoms with Crippen molar-refractivity contribution in [3.63, 3.8) is 0 Å². The molecule has 6 heteroatoms. The van der Waals surface area contributed by atoms with E-state index in [1.54, 1.807) is 7.11 Å². The van der Waals surface area contributed by atoms with Crippen molar-refractivity contribution in [2.24, 2.45) is 5.92 Å². The molecular weight excluding hydrogens is 224 g/mol. The number of methoxy groups -OCH3 is 1. The lowest BCUT2D eigenvalue weighted by Crippen LogP contribution is -2.42. The van der Waals surface area contributed by atoms with Gasteiger partial charge in [0.05, 0.1) is 13.2 Å². The highest BCUT2D eigenvalue weighted by Crippen LogP contribution is 2.29. The van der Waals surface area contributed by atoms with Crippen LogP contribution in [-0.2, 0) is 14.3 Å². The number of ether oxygens (including phenoxy) is 1. The summed E-state index contributed by atoms with van der Waals surface area (Å²) in [6.07, 6.45) is 2.20. The van der Waals surface area contributed by atoms with Crippen molar-refractivity contribution >= 4 is 11.9 Å². The molecule has 0 aromatic carbocycles. The summed E-state index contributed by atoms with van der Waals surface area (Å²) in [7, 11) is 1.59. The summed E-state index contributed by atoms with van der Waals surface area (Å²) >= 11 is 0. The molecule has 6 nitrogen and oxygen atoms in total.